The van der Waals surface area contributed by atoms with Gasteiger partial charge < -0.3 is 9.80 Å². The van der Waals surface area contributed by atoms with Crippen molar-refractivity contribution in [2.75, 3.05) is 27.2 Å². The molecule has 0 radical (unpaired) electrons. The minimum Gasteiger partial charge on any atom is -0.339 e. The van der Waals surface area contributed by atoms with Crippen LogP contribution in [0.3, 0.4) is 0 Å². The summed E-state index contributed by atoms with van der Waals surface area (Å²) >= 11 is 1.69. The molecule has 114 valence electrons. The Morgan fingerprint density at radius 3 is 2.86 bits per heavy atom. The molecule has 2 aromatic rings. The van der Waals surface area contributed by atoms with E-state index >= 15 is 0 Å². The van der Waals surface area contributed by atoms with Crippen LogP contribution in [0.1, 0.15) is 11.4 Å². The smallest absolute Gasteiger partial charge is 0.119 e. The van der Waals surface area contributed by atoms with Gasteiger partial charge in [-0.1, -0.05) is 12.1 Å². The summed E-state index contributed by atoms with van der Waals surface area (Å²) in [6.07, 6.45) is 9.19. The maximum Gasteiger partial charge on any atom is 0.119 e. The van der Waals surface area contributed by atoms with Crippen LogP contribution >= 0.6 is 11.3 Å². The molecule has 0 bridgehead atoms. The highest BCUT2D eigenvalue weighted by molar-refractivity contribution is 7.19. The lowest BCUT2D eigenvalue weighted by molar-refractivity contribution is 0.379. The molecular formula is C17H20N4S. The number of thiazole rings is 1. The zero-order chi connectivity index (χ0) is 15.4. The standard InChI is InChI=1S/C17H20N4S/c1-20(2)9-5-10-21-11-8-14(18-13-21)12-17-19-15-6-3-4-7-16(15)22-17/h3-4,6-8,11-13H,5,9-10H2,1-2H3/b14-12-. The van der Waals surface area contributed by atoms with Gasteiger partial charge in [0.05, 0.1) is 22.3 Å². The molecule has 0 fully saturated rings. The zero-order valence-electron chi connectivity index (χ0n) is 12.9. The van der Waals surface area contributed by atoms with Crippen LogP contribution in [-0.4, -0.2) is 48.3 Å². The van der Waals surface area contributed by atoms with Crippen LogP contribution in [0.25, 0.3) is 16.3 Å². The van der Waals surface area contributed by atoms with Crippen LogP contribution < -0.4 is 0 Å². The van der Waals surface area contributed by atoms with Crippen molar-refractivity contribution in [3.8, 4) is 0 Å². The van der Waals surface area contributed by atoms with Gasteiger partial charge in [0.25, 0.3) is 0 Å². The summed E-state index contributed by atoms with van der Waals surface area (Å²) in [6, 6.07) is 8.20. The quantitative estimate of drug-likeness (QED) is 0.847. The first-order valence-electron chi connectivity index (χ1n) is 7.41. The largest absolute Gasteiger partial charge is 0.339 e. The molecule has 1 aromatic carbocycles. The number of hydrogen-bond donors (Lipinski definition) is 0. The van der Waals surface area contributed by atoms with Gasteiger partial charge in [-0.05, 0) is 51.3 Å². The first-order valence-corrected chi connectivity index (χ1v) is 8.22. The number of allylic oxidation sites excluding steroid dienone is 1. The first kappa shape index (κ1) is 14.9. The Kier molecular flexibility index (Phi) is 4.65. The van der Waals surface area contributed by atoms with E-state index in [1.165, 1.54) is 4.70 Å². The Bertz CT molecular complexity index is 678. The summed E-state index contributed by atoms with van der Waals surface area (Å²) in [7, 11) is 4.19. The van der Waals surface area contributed by atoms with E-state index < -0.39 is 0 Å². The zero-order valence-corrected chi connectivity index (χ0v) is 13.8. The predicted octanol–water partition coefficient (Wildman–Crippen LogP) is 3.45. The molecule has 3 rings (SSSR count). The van der Waals surface area contributed by atoms with Gasteiger partial charge >= 0.3 is 0 Å². The van der Waals surface area contributed by atoms with Crippen molar-refractivity contribution in [3.05, 3.63) is 47.2 Å². The Hall–Kier alpha value is -1.98. The monoisotopic (exact) mass is 312 g/mol. The van der Waals surface area contributed by atoms with Crippen LogP contribution in [0.4, 0.5) is 0 Å². The third kappa shape index (κ3) is 3.81. The van der Waals surface area contributed by atoms with Crippen molar-refractivity contribution in [3.63, 3.8) is 0 Å². The molecule has 0 spiro atoms. The van der Waals surface area contributed by atoms with Gasteiger partial charge in [-0.25, -0.2) is 9.98 Å². The van der Waals surface area contributed by atoms with Crippen LogP contribution in [-0.2, 0) is 0 Å². The fourth-order valence-corrected chi connectivity index (χ4v) is 3.17. The van der Waals surface area contributed by atoms with Gasteiger partial charge in [0.15, 0.2) is 0 Å². The molecule has 22 heavy (non-hydrogen) atoms. The SMILES string of the molecule is CN(C)CCCN1C=C/C(=C/c2nc3ccccc3s2)N=C1. The van der Waals surface area contributed by atoms with Gasteiger partial charge in [0.1, 0.15) is 5.01 Å². The number of aliphatic imine (C=N–C) groups is 1. The molecule has 0 amide bonds. The van der Waals surface area contributed by atoms with Crippen LogP contribution in [0.2, 0.25) is 0 Å². The van der Waals surface area contributed by atoms with Gasteiger partial charge in [-0.2, -0.15) is 0 Å². The molecule has 1 aliphatic heterocycles. The summed E-state index contributed by atoms with van der Waals surface area (Å²) in [5.74, 6) is 0. The number of benzene rings is 1. The summed E-state index contributed by atoms with van der Waals surface area (Å²) in [4.78, 5) is 13.4. The van der Waals surface area contributed by atoms with Crippen LogP contribution in [0.15, 0.2) is 47.2 Å². The average Bonchev–Trinajstić information content (AvgIpc) is 2.91. The van der Waals surface area contributed by atoms with Crippen molar-refractivity contribution in [1.82, 2.24) is 14.8 Å². The Labute approximate surface area is 135 Å². The van der Waals surface area contributed by atoms with Crippen molar-refractivity contribution in [2.24, 2.45) is 4.99 Å². The Balaban J connectivity index is 1.63. The van der Waals surface area contributed by atoms with E-state index in [9.17, 15) is 0 Å². The van der Waals surface area contributed by atoms with Crippen molar-refractivity contribution in [2.45, 2.75) is 6.42 Å². The Morgan fingerprint density at radius 1 is 1.27 bits per heavy atom. The normalized spacial score (nSPS) is 16.3. The third-order valence-corrected chi connectivity index (χ3v) is 4.38. The Morgan fingerprint density at radius 2 is 2.14 bits per heavy atom. The number of nitrogens with zero attached hydrogens (tertiary/aromatic N) is 4. The number of para-hydroxylation sites is 1. The molecule has 0 saturated heterocycles. The molecule has 1 aliphatic rings. The van der Waals surface area contributed by atoms with Crippen molar-refractivity contribution >= 4 is 34.0 Å². The molecule has 0 atom stereocenters. The third-order valence-electron chi connectivity index (χ3n) is 3.40. The van der Waals surface area contributed by atoms with E-state index in [1.54, 1.807) is 11.3 Å². The first-order chi connectivity index (χ1) is 10.7. The number of rotatable bonds is 5. The lowest BCUT2D eigenvalue weighted by Gasteiger charge is -2.18. The number of hydrogen-bond acceptors (Lipinski definition) is 5. The fourth-order valence-electron chi connectivity index (χ4n) is 2.26. The van der Waals surface area contributed by atoms with E-state index in [-0.39, 0.29) is 0 Å². The topological polar surface area (TPSA) is 31.7 Å². The molecule has 4 nitrogen and oxygen atoms in total. The van der Waals surface area contributed by atoms with E-state index in [1.807, 2.05) is 36.7 Å². The minimum atomic E-state index is 0.947. The minimum absolute atomic E-state index is 0.947. The summed E-state index contributed by atoms with van der Waals surface area (Å²) < 4.78 is 1.21. The molecule has 5 heteroatoms. The van der Waals surface area contributed by atoms with E-state index in [4.69, 9.17) is 0 Å². The van der Waals surface area contributed by atoms with Gasteiger partial charge in [-0.15, -0.1) is 11.3 Å². The molecule has 0 unspecified atom stereocenters. The second-order valence-electron chi connectivity index (χ2n) is 5.54. The summed E-state index contributed by atoms with van der Waals surface area (Å²) in [5, 5.41) is 0.999. The highest BCUT2D eigenvalue weighted by Gasteiger charge is 2.05. The lowest BCUT2D eigenvalue weighted by atomic mass is 10.3. The van der Waals surface area contributed by atoms with Gasteiger partial charge in [0.2, 0.25) is 0 Å². The highest BCUT2D eigenvalue weighted by Crippen LogP contribution is 2.24. The van der Waals surface area contributed by atoms with Crippen LogP contribution in [0.5, 0.6) is 0 Å². The van der Waals surface area contributed by atoms with Gasteiger partial charge in [-0.3, -0.25) is 0 Å². The average molecular weight is 312 g/mol. The molecule has 1 aromatic heterocycles. The van der Waals surface area contributed by atoms with Crippen molar-refractivity contribution < 1.29 is 0 Å². The predicted molar refractivity (Wildman–Crippen MR) is 95.1 cm³/mol. The fraction of sp³-hybridized carbons (Fsp3) is 0.294. The number of fused-ring (bicyclic) bond motifs is 1. The summed E-state index contributed by atoms with van der Waals surface area (Å²) in [6.45, 7) is 2.08. The van der Waals surface area contributed by atoms with Gasteiger partial charge in [0, 0.05) is 12.7 Å². The van der Waals surface area contributed by atoms with Crippen molar-refractivity contribution in [1.29, 1.82) is 0 Å². The van der Waals surface area contributed by atoms with E-state index in [0.29, 0.717) is 0 Å². The van der Waals surface area contributed by atoms with Crippen LogP contribution in [0, 0.1) is 0 Å². The maximum absolute atomic E-state index is 4.61. The summed E-state index contributed by atoms with van der Waals surface area (Å²) in [5.41, 5.74) is 2.00. The highest BCUT2D eigenvalue weighted by atomic mass is 32.1. The second-order valence-corrected chi connectivity index (χ2v) is 6.61. The maximum atomic E-state index is 4.61. The van der Waals surface area contributed by atoms with E-state index in [2.05, 4.69) is 46.1 Å². The molecular weight excluding hydrogens is 292 g/mol. The number of aromatic nitrogens is 1. The molecule has 0 aliphatic carbocycles. The second kappa shape index (κ2) is 6.85. The molecule has 0 N–H and O–H groups in total. The molecule has 0 saturated carbocycles. The lowest BCUT2D eigenvalue weighted by Crippen LogP contribution is -2.23. The van der Waals surface area contributed by atoms with E-state index in [0.717, 1.165) is 35.7 Å². The molecule has 2 heterocycles.